The molecule has 6 nitrogen and oxygen atoms in total. The van der Waals surface area contributed by atoms with Crippen LogP contribution in [0.2, 0.25) is 5.02 Å². The molecule has 0 aromatic heterocycles. The van der Waals surface area contributed by atoms with E-state index in [-0.39, 0.29) is 0 Å². The summed E-state index contributed by atoms with van der Waals surface area (Å²) in [6.45, 7) is 2.81. The van der Waals surface area contributed by atoms with Crippen LogP contribution in [-0.4, -0.2) is 29.3 Å². The number of nitrogens with one attached hydrogen (secondary N) is 2. The molecule has 8 heteroatoms. The fourth-order valence-electron chi connectivity index (χ4n) is 2.90. The van der Waals surface area contributed by atoms with Gasteiger partial charge >= 0.3 is 6.03 Å². The van der Waals surface area contributed by atoms with Crippen LogP contribution in [0.4, 0.5) is 14.9 Å². The topological polar surface area (TPSA) is 78.5 Å². The molecule has 3 rings (SSSR count). The molecule has 0 saturated carbocycles. The third-order valence-electron chi connectivity index (χ3n) is 4.54. The summed E-state index contributed by atoms with van der Waals surface area (Å²) < 4.78 is 13.1. The highest BCUT2D eigenvalue weighted by atomic mass is 35.5. The first-order valence-corrected chi connectivity index (χ1v) is 8.55. The zero-order valence-corrected chi connectivity index (χ0v) is 15.4. The Morgan fingerprint density at radius 3 is 2.56 bits per heavy atom. The number of urea groups is 1. The second kappa shape index (κ2) is 7.00. The van der Waals surface area contributed by atoms with E-state index < -0.39 is 35.7 Å². The first-order valence-electron chi connectivity index (χ1n) is 8.17. The second-order valence-corrected chi connectivity index (χ2v) is 6.82. The molecule has 1 heterocycles. The van der Waals surface area contributed by atoms with Gasteiger partial charge in [0.1, 0.15) is 17.9 Å². The maximum atomic E-state index is 13.1. The van der Waals surface area contributed by atoms with Gasteiger partial charge in [-0.25, -0.2) is 9.18 Å². The Balaban J connectivity index is 1.76. The lowest BCUT2D eigenvalue weighted by Gasteiger charge is -2.22. The van der Waals surface area contributed by atoms with E-state index in [0.29, 0.717) is 21.8 Å². The van der Waals surface area contributed by atoms with Crippen LogP contribution in [0.1, 0.15) is 18.1 Å². The third kappa shape index (κ3) is 3.50. The molecule has 1 atom stereocenters. The molecule has 0 aliphatic carbocycles. The summed E-state index contributed by atoms with van der Waals surface area (Å²) in [5, 5.41) is 5.71. The maximum absolute atomic E-state index is 13.1. The normalized spacial score (nSPS) is 19.2. The summed E-state index contributed by atoms with van der Waals surface area (Å²) in [5.74, 6) is -1.57. The molecule has 1 fully saturated rings. The number of halogens is 2. The number of amides is 4. The Hall–Kier alpha value is -2.93. The quantitative estimate of drug-likeness (QED) is 0.788. The Kier molecular flexibility index (Phi) is 4.89. The largest absolute Gasteiger partial charge is 0.325 e. The molecule has 4 amide bonds. The molecular formula is C19H17ClFN3O3. The maximum Gasteiger partial charge on any atom is 0.325 e. The van der Waals surface area contributed by atoms with Gasteiger partial charge < -0.3 is 10.6 Å². The first-order chi connectivity index (χ1) is 12.7. The van der Waals surface area contributed by atoms with E-state index in [2.05, 4.69) is 10.6 Å². The van der Waals surface area contributed by atoms with E-state index in [4.69, 9.17) is 11.6 Å². The van der Waals surface area contributed by atoms with Crippen LogP contribution in [-0.2, 0) is 15.1 Å². The smallest absolute Gasteiger partial charge is 0.324 e. The molecule has 27 heavy (non-hydrogen) atoms. The number of imide groups is 1. The van der Waals surface area contributed by atoms with Crippen molar-refractivity contribution in [3.63, 3.8) is 0 Å². The number of hydrogen-bond acceptors (Lipinski definition) is 3. The lowest BCUT2D eigenvalue weighted by molar-refractivity contribution is -0.133. The van der Waals surface area contributed by atoms with Crippen LogP contribution in [0, 0.1) is 12.7 Å². The number of benzene rings is 2. The van der Waals surface area contributed by atoms with Crippen molar-refractivity contribution in [2.45, 2.75) is 19.4 Å². The molecule has 0 spiro atoms. The predicted molar refractivity (Wildman–Crippen MR) is 98.8 cm³/mol. The number of nitrogens with zero attached hydrogens (tertiary/aromatic N) is 1. The van der Waals surface area contributed by atoms with Gasteiger partial charge in [-0.3, -0.25) is 14.5 Å². The molecule has 0 bridgehead atoms. The number of rotatable bonds is 4. The Bertz CT molecular complexity index is 932. The molecule has 2 aromatic rings. The van der Waals surface area contributed by atoms with Crippen molar-refractivity contribution >= 4 is 35.1 Å². The molecule has 2 N–H and O–H groups in total. The lowest BCUT2D eigenvalue weighted by Crippen LogP contribution is -2.42. The van der Waals surface area contributed by atoms with E-state index in [1.54, 1.807) is 25.1 Å². The van der Waals surface area contributed by atoms with Crippen LogP contribution in [0.3, 0.4) is 0 Å². The highest BCUT2D eigenvalue weighted by Gasteiger charge is 2.49. The minimum absolute atomic E-state index is 0.427. The second-order valence-electron chi connectivity index (χ2n) is 6.41. The number of carbonyl (C=O) groups is 3. The molecular weight excluding hydrogens is 373 g/mol. The van der Waals surface area contributed by atoms with Gasteiger partial charge in [-0.1, -0.05) is 29.8 Å². The Morgan fingerprint density at radius 1 is 1.22 bits per heavy atom. The van der Waals surface area contributed by atoms with Gasteiger partial charge in [0.25, 0.3) is 5.91 Å². The third-order valence-corrected chi connectivity index (χ3v) is 4.95. The minimum atomic E-state index is -1.36. The van der Waals surface area contributed by atoms with Crippen molar-refractivity contribution in [3.05, 3.63) is 64.4 Å². The number of carbonyl (C=O) groups excluding carboxylic acids is 3. The fourth-order valence-corrected chi connectivity index (χ4v) is 3.07. The molecule has 1 saturated heterocycles. The zero-order valence-electron chi connectivity index (χ0n) is 14.7. The van der Waals surface area contributed by atoms with Gasteiger partial charge in [0.05, 0.1) is 0 Å². The minimum Gasteiger partial charge on any atom is -0.324 e. The van der Waals surface area contributed by atoms with Gasteiger partial charge in [0.15, 0.2) is 0 Å². The summed E-state index contributed by atoms with van der Waals surface area (Å²) in [5.41, 5.74) is 0.245. The van der Waals surface area contributed by atoms with Crippen molar-refractivity contribution < 1.29 is 18.8 Å². The van der Waals surface area contributed by atoms with Crippen molar-refractivity contribution in [1.82, 2.24) is 10.2 Å². The van der Waals surface area contributed by atoms with Crippen LogP contribution in [0.25, 0.3) is 0 Å². The van der Waals surface area contributed by atoms with Crippen molar-refractivity contribution in [2.24, 2.45) is 0 Å². The monoisotopic (exact) mass is 389 g/mol. The van der Waals surface area contributed by atoms with Crippen molar-refractivity contribution in [1.29, 1.82) is 0 Å². The molecule has 2 aromatic carbocycles. The number of hydrogen-bond donors (Lipinski definition) is 2. The van der Waals surface area contributed by atoms with Crippen molar-refractivity contribution in [2.75, 3.05) is 11.9 Å². The van der Waals surface area contributed by atoms with Gasteiger partial charge in [-0.2, -0.15) is 0 Å². The molecule has 0 radical (unpaired) electrons. The Morgan fingerprint density at radius 2 is 1.89 bits per heavy atom. The lowest BCUT2D eigenvalue weighted by atomic mass is 9.92. The summed E-state index contributed by atoms with van der Waals surface area (Å²) in [6, 6.07) is 9.62. The molecule has 140 valence electrons. The van der Waals surface area contributed by atoms with Crippen LogP contribution < -0.4 is 10.6 Å². The van der Waals surface area contributed by atoms with E-state index in [9.17, 15) is 18.8 Å². The number of anilines is 1. The van der Waals surface area contributed by atoms with E-state index in [1.165, 1.54) is 31.2 Å². The van der Waals surface area contributed by atoms with Crippen LogP contribution in [0.5, 0.6) is 0 Å². The first kappa shape index (κ1) is 18.8. The van der Waals surface area contributed by atoms with Gasteiger partial charge in [0.2, 0.25) is 5.91 Å². The fraction of sp³-hybridized carbons (Fsp3) is 0.211. The molecule has 1 aliphatic rings. The SMILES string of the molecule is Cc1c(Cl)cccc1NC(=O)CN1C(=O)NC(C)(c2ccc(F)cc2)C1=O. The van der Waals surface area contributed by atoms with E-state index in [1.807, 2.05) is 0 Å². The Labute approximate surface area is 160 Å². The molecule has 1 unspecified atom stereocenters. The zero-order chi connectivity index (χ0) is 19.8. The van der Waals surface area contributed by atoms with Gasteiger partial charge in [0, 0.05) is 10.7 Å². The average molecular weight is 390 g/mol. The van der Waals surface area contributed by atoms with Crippen LogP contribution in [0.15, 0.2) is 42.5 Å². The predicted octanol–water partition coefficient (Wildman–Crippen LogP) is 3.19. The van der Waals surface area contributed by atoms with E-state index in [0.717, 1.165) is 4.90 Å². The van der Waals surface area contributed by atoms with Crippen molar-refractivity contribution in [3.8, 4) is 0 Å². The molecule has 1 aliphatic heterocycles. The summed E-state index contributed by atoms with van der Waals surface area (Å²) in [6.07, 6.45) is 0. The average Bonchev–Trinajstić information content (AvgIpc) is 2.83. The van der Waals surface area contributed by atoms with Gasteiger partial charge in [-0.15, -0.1) is 0 Å². The highest BCUT2D eigenvalue weighted by Crippen LogP contribution is 2.29. The van der Waals surface area contributed by atoms with Crippen LogP contribution >= 0.6 is 11.6 Å². The van der Waals surface area contributed by atoms with E-state index >= 15 is 0 Å². The summed E-state index contributed by atoms with van der Waals surface area (Å²) >= 11 is 6.02. The van der Waals surface area contributed by atoms with Gasteiger partial charge in [-0.05, 0) is 49.2 Å². The summed E-state index contributed by atoms with van der Waals surface area (Å²) in [7, 11) is 0. The standard InChI is InChI=1S/C19H17ClFN3O3/c1-11-14(20)4-3-5-15(11)22-16(25)10-24-17(26)19(2,23-18(24)27)12-6-8-13(21)9-7-12/h3-9H,10H2,1-2H3,(H,22,25)(H,23,27). The summed E-state index contributed by atoms with van der Waals surface area (Å²) in [4.78, 5) is 38.2. The highest BCUT2D eigenvalue weighted by molar-refractivity contribution is 6.31.